The molecule has 208 valence electrons. The summed E-state index contributed by atoms with van der Waals surface area (Å²) in [5, 5.41) is 11.9. The monoisotopic (exact) mass is 565 g/mol. The number of fused-ring (bicyclic) bond motifs is 1. The molecule has 2 aliphatic rings. The molecule has 0 bridgehead atoms. The predicted molar refractivity (Wildman–Crippen MR) is 148 cm³/mol. The Morgan fingerprint density at radius 2 is 2.00 bits per heavy atom. The summed E-state index contributed by atoms with van der Waals surface area (Å²) in [5.41, 5.74) is 0.808. The van der Waals surface area contributed by atoms with E-state index in [1.807, 2.05) is 18.2 Å². The molecule has 6 rings (SSSR count). The lowest BCUT2D eigenvalue weighted by Gasteiger charge is -2.33. The third-order valence-corrected chi connectivity index (χ3v) is 9.24. The number of alkyl halides is 3. The van der Waals surface area contributed by atoms with Gasteiger partial charge in [0.2, 0.25) is 0 Å². The topological polar surface area (TPSA) is 66.3 Å². The summed E-state index contributed by atoms with van der Waals surface area (Å²) in [6.45, 7) is 4.20. The molecular weight excluding hydrogens is 535 g/mol. The molecule has 1 saturated carbocycles. The molecule has 0 N–H and O–H groups in total. The van der Waals surface area contributed by atoms with Crippen LogP contribution in [0.5, 0.6) is 0 Å². The number of hydrogen-bond donors (Lipinski definition) is 0. The van der Waals surface area contributed by atoms with Crippen molar-refractivity contribution in [2.45, 2.75) is 57.7 Å². The van der Waals surface area contributed by atoms with Crippen molar-refractivity contribution in [1.29, 1.82) is 5.26 Å². The summed E-state index contributed by atoms with van der Waals surface area (Å²) < 4.78 is 45.2. The van der Waals surface area contributed by atoms with Gasteiger partial charge in [-0.15, -0.1) is 11.3 Å². The number of nitriles is 1. The minimum Gasteiger partial charge on any atom is -0.299 e. The van der Waals surface area contributed by atoms with E-state index < -0.39 is 17.4 Å². The molecule has 2 atom stereocenters. The van der Waals surface area contributed by atoms with Gasteiger partial charge in [0.25, 0.3) is 0 Å². The molecule has 0 unspecified atom stereocenters. The first kappa shape index (κ1) is 26.8. The van der Waals surface area contributed by atoms with Crippen LogP contribution in [-0.2, 0) is 12.7 Å². The van der Waals surface area contributed by atoms with Gasteiger partial charge in [0.1, 0.15) is 11.1 Å². The number of benzene rings is 1. The molecule has 2 fully saturated rings. The predicted octanol–water partition coefficient (Wildman–Crippen LogP) is 6.60. The molecule has 1 aromatic carbocycles. The van der Waals surface area contributed by atoms with Crippen LogP contribution in [0.4, 0.5) is 13.2 Å². The van der Waals surface area contributed by atoms with Crippen LogP contribution in [0.1, 0.15) is 72.3 Å². The average Bonchev–Trinajstić information content (AvgIpc) is 3.50. The summed E-state index contributed by atoms with van der Waals surface area (Å²) >= 11 is 1.45. The van der Waals surface area contributed by atoms with Gasteiger partial charge in [-0.1, -0.05) is 25.5 Å². The van der Waals surface area contributed by atoms with E-state index in [0.717, 1.165) is 60.2 Å². The van der Waals surface area contributed by atoms with Gasteiger partial charge in [0, 0.05) is 36.8 Å². The zero-order valence-corrected chi connectivity index (χ0v) is 23.0. The molecule has 4 aromatic rings. The van der Waals surface area contributed by atoms with Gasteiger partial charge in [-0.3, -0.25) is 13.9 Å². The lowest BCUT2D eigenvalue weighted by molar-refractivity contribution is -0.136. The Bertz CT molecular complexity index is 1640. The highest BCUT2D eigenvalue weighted by Crippen LogP contribution is 2.44. The number of pyridine rings is 1. The Balaban J connectivity index is 1.41. The fraction of sp³-hybridized carbons (Fsp3) is 0.433. The Morgan fingerprint density at radius 1 is 1.18 bits per heavy atom. The van der Waals surface area contributed by atoms with Crippen molar-refractivity contribution in [3.8, 4) is 11.8 Å². The maximum absolute atomic E-state index is 14.2. The maximum atomic E-state index is 14.2. The molecule has 3 aromatic heterocycles. The minimum atomic E-state index is -4.60. The van der Waals surface area contributed by atoms with E-state index in [2.05, 4.69) is 22.9 Å². The average molecular weight is 566 g/mol. The molecular formula is C30H30F3N5OS. The van der Waals surface area contributed by atoms with Crippen LogP contribution in [0.2, 0.25) is 0 Å². The zero-order valence-electron chi connectivity index (χ0n) is 22.2. The van der Waals surface area contributed by atoms with Crippen LogP contribution in [-0.4, -0.2) is 31.9 Å². The van der Waals surface area contributed by atoms with E-state index >= 15 is 0 Å². The summed E-state index contributed by atoms with van der Waals surface area (Å²) in [5.74, 6) is 0.836. The highest BCUT2D eigenvalue weighted by atomic mass is 32.1. The van der Waals surface area contributed by atoms with Crippen molar-refractivity contribution >= 4 is 16.9 Å². The number of piperidine rings is 1. The number of hydrogen-bond acceptors (Lipinski definition) is 5. The molecule has 1 saturated heterocycles. The molecule has 0 amide bonds. The Morgan fingerprint density at radius 3 is 2.67 bits per heavy atom. The second-order valence-electron chi connectivity index (χ2n) is 11.2. The molecule has 1 aliphatic heterocycles. The Hall–Kier alpha value is -3.42. The van der Waals surface area contributed by atoms with Crippen LogP contribution < -0.4 is 5.69 Å². The molecule has 10 heteroatoms. The fourth-order valence-electron chi connectivity index (χ4n) is 6.17. The number of thiazole rings is 1. The van der Waals surface area contributed by atoms with Crippen molar-refractivity contribution < 1.29 is 13.2 Å². The quantitative estimate of drug-likeness (QED) is 0.264. The van der Waals surface area contributed by atoms with Gasteiger partial charge >= 0.3 is 11.9 Å². The van der Waals surface area contributed by atoms with E-state index in [1.165, 1.54) is 28.2 Å². The third-order valence-electron chi connectivity index (χ3n) is 8.31. The van der Waals surface area contributed by atoms with E-state index in [4.69, 9.17) is 0 Å². The fourth-order valence-corrected chi connectivity index (χ4v) is 7.14. The second-order valence-corrected chi connectivity index (χ2v) is 12.1. The molecule has 0 spiro atoms. The number of rotatable bonds is 6. The van der Waals surface area contributed by atoms with E-state index in [-0.39, 0.29) is 11.4 Å². The number of aromatic nitrogens is 3. The highest BCUT2D eigenvalue weighted by Gasteiger charge is 2.35. The highest BCUT2D eigenvalue weighted by molar-refractivity contribution is 7.09. The summed E-state index contributed by atoms with van der Waals surface area (Å²) in [6, 6.07) is 10.7. The zero-order chi connectivity index (χ0) is 28.0. The van der Waals surface area contributed by atoms with Crippen molar-refractivity contribution in [2.24, 2.45) is 11.8 Å². The standard InChI is InChI=1S/C30H30F3N5OS/c1-19-5-4-10-36(14-19)15-20-11-25(30(31,32)33)26-17-37(29(39)38(26)16-20)24-9-3-8-22(12-24)27(21-6-2-7-21)28-35-23(13-34)18-40-28/h3,8-9,11-12,16-19,21,27H,2,4-7,10,14-15H2,1H3/t19-,27-/m0/s1. The van der Waals surface area contributed by atoms with Crippen molar-refractivity contribution in [1.82, 2.24) is 18.9 Å². The van der Waals surface area contributed by atoms with Gasteiger partial charge in [-0.2, -0.15) is 18.4 Å². The SMILES string of the molecule is C[C@H]1CCCN(Cc2cc(C(F)(F)F)c3cn(-c4cccc([C@@H](c5nc(C#N)cs5)C5CCC5)c4)c(=O)n3c2)C1. The van der Waals surface area contributed by atoms with Crippen molar-refractivity contribution in [3.05, 3.63) is 86.0 Å². The van der Waals surface area contributed by atoms with E-state index in [1.54, 1.807) is 17.6 Å². The van der Waals surface area contributed by atoms with E-state index in [0.29, 0.717) is 35.3 Å². The van der Waals surface area contributed by atoms with Crippen LogP contribution in [0.15, 0.2) is 52.9 Å². The largest absolute Gasteiger partial charge is 0.418 e. The number of nitrogens with zero attached hydrogens (tertiary/aromatic N) is 5. The normalized spacial score (nSPS) is 19.4. The third kappa shape index (κ3) is 5.08. The molecule has 6 nitrogen and oxygen atoms in total. The van der Waals surface area contributed by atoms with Crippen molar-refractivity contribution in [3.63, 3.8) is 0 Å². The van der Waals surface area contributed by atoms with Gasteiger partial charge in [-0.25, -0.2) is 9.78 Å². The van der Waals surface area contributed by atoms with Crippen LogP contribution in [0, 0.1) is 23.2 Å². The van der Waals surface area contributed by atoms with Crippen LogP contribution >= 0.6 is 11.3 Å². The number of halogens is 3. The first-order valence-electron chi connectivity index (χ1n) is 13.7. The first-order chi connectivity index (χ1) is 19.2. The van der Waals surface area contributed by atoms with Gasteiger partial charge in [-0.05, 0) is 73.4 Å². The summed E-state index contributed by atoms with van der Waals surface area (Å²) in [6.07, 6.45) is 3.60. The first-order valence-corrected chi connectivity index (χ1v) is 14.6. The van der Waals surface area contributed by atoms with Crippen molar-refractivity contribution in [2.75, 3.05) is 13.1 Å². The molecule has 40 heavy (non-hydrogen) atoms. The number of likely N-dealkylation sites (tertiary alicyclic amines) is 1. The maximum Gasteiger partial charge on any atom is 0.418 e. The van der Waals surface area contributed by atoms with Gasteiger partial charge in [0.05, 0.1) is 16.8 Å². The minimum absolute atomic E-state index is 0.0298. The van der Waals surface area contributed by atoms with Gasteiger partial charge < -0.3 is 0 Å². The molecule has 4 heterocycles. The smallest absolute Gasteiger partial charge is 0.299 e. The Kier molecular flexibility index (Phi) is 7.05. The second kappa shape index (κ2) is 10.5. The van der Waals surface area contributed by atoms with E-state index in [9.17, 15) is 23.2 Å². The summed E-state index contributed by atoms with van der Waals surface area (Å²) in [4.78, 5) is 20.3. The molecule has 0 radical (unpaired) electrons. The van der Waals surface area contributed by atoms with Crippen LogP contribution in [0.25, 0.3) is 11.2 Å². The lowest BCUT2D eigenvalue weighted by atomic mass is 9.73. The summed E-state index contributed by atoms with van der Waals surface area (Å²) in [7, 11) is 0. The van der Waals surface area contributed by atoms with Crippen LogP contribution in [0.3, 0.4) is 0 Å². The number of imidazole rings is 1. The molecule has 1 aliphatic carbocycles. The Labute approximate surface area is 234 Å². The van der Waals surface area contributed by atoms with Gasteiger partial charge in [0.15, 0.2) is 5.69 Å². The lowest BCUT2D eigenvalue weighted by Crippen LogP contribution is -2.34.